The number of pyridine rings is 1. The lowest BCUT2D eigenvalue weighted by Gasteiger charge is -2.22. The van der Waals surface area contributed by atoms with Gasteiger partial charge in [0.1, 0.15) is 16.9 Å². The van der Waals surface area contributed by atoms with E-state index >= 15 is 0 Å². The van der Waals surface area contributed by atoms with E-state index in [1.165, 1.54) is 6.26 Å². The van der Waals surface area contributed by atoms with Gasteiger partial charge in [0.05, 0.1) is 17.3 Å². The molecule has 0 atom stereocenters. The molecule has 0 aliphatic heterocycles. The summed E-state index contributed by atoms with van der Waals surface area (Å²) in [6.07, 6.45) is 4.85. The highest BCUT2D eigenvalue weighted by molar-refractivity contribution is 7.18. The van der Waals surface area contributed by atoms with Crippen LogP contribution in [0.1, 0.15) is 24.4 Å². The van der Waals surface area contributed by atoms with E-state index in [0.717, 1.165) is 20.8 Å². The summed E-state index contributed by atoms with van der Waals surface area (Å²) >= 11 is 1.58. The molecule has 4 rings (SSSR count). The maximum atomic E-state index is 6.13. The zero-order valence-corrected chi connectivity index (χ0v) is 14.0. The monoisotopic (exact) mass is 337 g/mol. The van der Waals surface area contributed by atoms with E-state index in [1.807, 2.05) is 24.3 Å². The highest BCUT2D eigenvalue weighted by Gasteiger charge is 2.28. The average molecular weight is 337 g/mol. The van der Waals surface area contributed by atoms with Gasteiger partial charge in [0.15, 0.2) is 0 Å². The van der Waals surface area contributed by atoms with Crippen molar-refractivity contribution in [3.8, 4) is 11.7 Å². The van der Waals surface area contributed by atoms with E-state index < -0.39 is 0 Å². The number of hydrogen-bond donors (Lipinski definition) is 1. The van der Waals surface area contributed by atoms with Crippen LogP contribution >= 0.6 is 11.3 Å². The average Bonchev–Trinajstić information content (AvgIpc) is 3.25. The van der Waals surface area contributed by atoms with Crippen LogP contribution in [0.4, 0.5) is 5.82 Å². The van der Waals surface area contributed by atoms with Crippen molar-refractivity contribution in [3.05, 3.63) is 53.5 Å². The Morgan fingerprint density at radius 2 is 2.00 bits per heavy atom. The molecule has 0 saturated carbocycles. The van der Waals surface area contributed by atoms with Crippen molar-refractivity contribution >= 4 is 27.4 Å². The summed E-state index contributed by atoms with van der Waals surface area (Å²) < 4.78 is 5.27. The van der Waals surface area contributed by atoms with E-state index in [4.69, 9.17) is 10.2 Å². The first kappa shape index (κ1) is 14.8. The number of hydrogen-bond acceptors (Lipinski definition) is 7. The van der Waals surface area contributed by atoms with Crippen LogP contribution in [0.15, 0.2) is 47.3 Å². The molecule has 0 saturated heterocycles. The SMILES string of the molecule is CC(C)(c1ccccn1)c1cc2c(N)nc(-c3ncco3)nc2s1. The fourth-order valence-electron chi connectivity index (χ4n) is 2.54. The van der Waals surface area contributed by atoms with Gasteiger partial charge in [-0.3, -0.25) is 4.98 Å². The Balaban J connectivity index is 1.85. The van der Waals surface area contributed by atoms with Crippen LogP contribution in [0.3, 0.4) is 0 Å². The number of nitrogens with two attached hydrogens (primary N) is 1. The van der Waals surface area contributed by atoms with Crippen LogP contribution in [0.2, 0.25) is 0 Å². The van der Waals surface area contributed by atoms with E-state index in [-0.39, 0.29) is 5.41 Å². The number of nitrogen functional groups attached to an aromatic ring is 1. The van der Waals surface area contributed by atoms with Crippen molar-refractivity contribution in [1.82, 2.24) is 19.9 Å². The molecule has 24 heavy (non-hydrogen) atoms. The maximum absolute atomic E-state index is 6.13. The van der Waals surface area contributed by atoms with E-state index in [9.17, 15) is 0 Å². The van der Waals surface area contributed by atoms with Crippen LogP contribution in [-0.2, 0) is 5.41 Å². The van der Waals surface area contributed by atoms with Gasteiger partial charge < -0.3 is 10.2 Å². The summed E-state index contributed by atoms with van der Waals surface area (Å²) in [4.78, 5) is 19.4. The van der Waals surface area contributed by atoms with Crippen LogP contribution in [0, 0.1) is 0 Å². The summed E-state index contributed by atoms with van der Waals surface area (Å²) in [5, 5.41) is 0.842. The lowest BCUT2D eigenvalue weighted by molar-refractivity contribution is 0.569. The van der Waals surface area contributed by atoms with Crippen molar-refractivity contribution in [3.63, 3.8) is 0 Å². The maximum Gasteiger partial charge on any atom is 0.264 e. The molecule has 0 unspecified atom stereocenters. The minimum atomic E-state index is -0.248. The zero-order valence-electron chi connectivity index (χ0n) is 13.2. The van der Waals surface area contributed by atoms with Crippen molar-refractivity contribution in [1.29, 1.82) is 0 Å². The molecule has 4 heterocycles. The second-order valence-corrected chi connectivity index (χ2v) is 6.97. The van der Waals surface area contributed by atoms with Gasteiger partial charge in [-0.2, -0.15) is 0 Å². The van der Waals surface area contributed by atoms with Crippen LogP contribution in [-0.4, -0.2) is 19.9 Å². The van der Waals surface area contributed by atoms with Crippen molar-refractivity contribution in [2.45, 2.75) is 19.3 Å². The summed E-state index contributed by atoms with van der Waals surface area (Å²) in [7, 11) is 0. The molecule has 7 heteroatoms. The van der Waals surface area contributed by atoms with Gasteiger partial charge in [-0.25, -0.2) is 15.0 Å². The smallest absolute Gasteiger partial charge is 0.264 e. The second-order valence-electron chi connectivity index (χ2n) is 5.94. The van der Waals surface area contributed by atoms with Gasteiger partial charge >= 0.3 is 0 Å². The topological polar surface area (TPSA) is 90.7 Å². The van der Waals surface area contributed by atoms with E-state index in [2.05, 4.69) is 33.8 Å². The fraction of sp³-hybridized carbons (Fsp3) is 0.176. The zero-order chi connectivity index (χ0) is 16.7. The molecule has 0 bridgehead atoms. The standard InChI is InChI=1S/C17H15N5OS/c1-17(2,11-5-3-4-6-19-11)12-9-10-13(18)21-14(22-16(10)24-12)15-20-7-8-23-15/h3-9H,1-2H3,(H2,18,21,22). The minimum Gasteiger partial charge on any atom is -0.442 e. The Morgan fingerprint density at radius 3 is 2.71 bits per heavy atom. The van der Waals surface area contributed by atoms with Gasteiger partial charge in [-0.1, -0.05) is 6.07 Å². The minimum absolute atomic E-state index is 0.248. The molecule has 6 nitrogen and oxygen atoms in total. The van der Waals surface area contributed by atoms with Crippen LogP contribution in [0.5, 0.6) is 0 Å². The van der Waals surface area contributed by atoms with E-state index in [1.54, 1.807) is 23.7 Å². The summed E-state index contributed by atoms with van der Waals surface area (Å²) in [5.41, 5.74) is 6.88. The van der Waals surface area contributed by atoms with Gasteiger partial charge in [0, 0.05) is 16.5 Å². The van der Waals surface area contributed by atoms with Crippen LogP contribution < -0.4 is 5.73 Å². The number of fused-ring (bicyclic) bond motifs is 1. The number of oxazole rings is 1. The number of anilines is 1. The molecule has 0 fully saturated rings. The molecule has 0 amide bonds. The van der Waals surface area contributed by atoms with Crippen molar-refractivity contribution < 1.29 is 4.42 Å². The molecule has 4 aromatic heterocycles. The molecule has 4 aromatic rings. The molecule has 2 N–H and O–H groups in total. The van der Waals surface area contributed by atoms with Crippen LogP contribution in [0.25, 0.3) is 21.9 Å². The third kappa shape index (κ3) is 2.33. The third-order valence-electron chi connectivity index (χ3n) is 3.97. The molecular formula is C17H15N5OS. The van der Waals surface area contributed by atoms with Gasteiger partial charge in [0.2, 0.25) is 5.82 Å². The van der Waals surface area contributed by atoms with Crippen molar-refractivity contribution in [2.24, 2.45) is 0 Å². The molecule has 0 radical (unpaired) electrons. The lowest BCUT2D eigenvalue weighted by atomic mass is 9.87. The summed E-state index contributed by atoms with van der Waals surface area (Å²) in [5.74, 6) is 1.18. The Morgan fingerprint density at radius 1 is 1.12 bits per heavy atom. The van der Waals surface area contributed by atoms with Gasteiger partial charge in [-0.05, 0) is 32.0 Å². The highest BCUT2D eigenvalue weighted by atomic mass is 32.1. The largest absolute Gasteiger partial charge is 0.442 e. The molecule has 0 aliphatic rings. The Kier molecular flexibility index (Phi) is 3.31. The first-order chi connectivity index (χ1) is 11.6. The number of aromatic nitrogens is 4. The Bertz CT molecular complexity index is 993. The summed E-state index contributed by atoms with van der Waals surface area (Å²) in [6, 6.07) is 7.98. The predicted molar refractivity (Wildman–Crippen MR) is 93.7 cm³/mol. The molecule has 120 valence electrons. The first-order valence-corrected chi connectivity index (χ1v) is 8.26. The van der Waals surface area contributed by atoms with Gasteiger partial charge in [-0.15, -0.1) is 11.3 Å². The van der Waals surface area contributed by atoms with Gasteiger partial charge in [0.25, 0.3) is 5.89 Å². The molecule has 0 aliphatic carbocycles. The predicted octanol–water partition coefficient (Wildman–Crippen LogP) is 3.65. The number of rotatable bonds is 3. The first-order valence-electron chi connectivity index (χ1n) is 7.44. The molecule has 0 spiro atoms. The van der Waals surface area contributed by atoms with Crippen molar-refractivity contribution in [2.75, 3.05) is 5.73 Å². The fourth-order valence-corrected chi connectivity index (χ4v) is 3.69. The third-order valence-corrected chi connectivity index (χ3v) is 5.32. The summed E-state index contributed by atoms with van der Waals surface area (Å²) in [6.45, 7) is 4.28. The second kappa shape index (κ2) is 5.38. The molecular weight excluding hydrogens is 322 g/mol. The van der Waals surface area contributed by atoms with E-state index in [0.29, 0.717) is 17.5 Å². The lowest BCUT2D eigenvalue weighted by Crippen LogP contribution is -2.18. The molecule has 0 aromatic carbocycles. The normalized spacial score (nSPS) is 11.9. The number of nitrogens with zero attached hydrogens (tertiary/aromatic N) is 4. The number of thiophene rings is 1. The Labute approximate surface area is 142 Å². The Hall–Kier alpha value is -2.80. The highest BCUT2D eigenvalue weighted by Crippen LogP contribution is 2.39. The quantitative estimate of drug-likeness (QED) is 0.613.